The average Bonchev–Trinajstić information content (AvgIpc) is 3.59. The molecule has 3 aromatic rings. The van der Waals surface area contributed by atoms with Crippen LogP contribution in [0.25, 0.3) is 10.9 Å². The molecule has 2 aliphatic heterocycles. The summed E-state index contributed by atoms with van der Waals surface area (Å²) in [6.45, 7) is 5.98. The van der Waals surface area contributed by atoms with Crippen molar-refractivity contribution in [3.63, 3.8) is 0 Å². The number of aromatic amines is 1. The first-order valence-corrected chi connectivity index (χ1v) is 13.0. The third kappa shape index (κ3) is 5.09. The Hall–Kier alpha value is -3.53. The predicted octanol–water partition coefficient (Wildman–Crippen LogP) is 5.11. The van der Waals surface area contributed by atoms with Gasteiger partial charge >= 0.3 is 6.18 Å². The van der Waals surface area contributed by atoms with E-state index in [2.05, 4.69) is 10.3 Å². The molecule has 2 aliphatic rings. The molecule has 2 saturated heterocycles. The van der Waals surface area contributed by atoms with Crippen LogP contribution in [0.4, 0.5) is 13.2 Å². The number of piperazine rings is 1. The van der Waals surface area contributed by atoms with Gasteiger partial charge in [-0.3, -0.25) is 14.4 Å². The van der Waals surface area contributed by atoms with Crippen LogP contribution >= 0.6 is 11.6 Å². The SMILES string of the molecule is CC(C)(C)C(NC(=O)c1cc2ccccc2[nH]1)C(=O)N1CC2CC1CN2C(=O)c1cc(C(F)(F)F)ccc1Cl. The lowest BCUT2D eigenvalue weighted by Gasteiger charge is -2.39. The van der Waals surface area contributed by atoms with Crippen LogP contribution in [-0.2, 0) is 11.0 Å². The highest BCUT2D eigenvalue weighted by atomic mass is 35.5. The largest absolute Gasteiger partial charge is 0.416 e. The highest BCUT2D eigenvalue weighted by molar-refractivity contribution is 6.33. The molecule has 1 aromatic heterocycles. The molecule has 3 amide bonds. The van der Waals surface area contributed by atoms with Gasteiger partial charge in [0.2, 0.25) is 5.91 Å². The Labute approximate surface area is 228 Å². The Morgan fingerprint density at radius 3 is 2.28 bits per heavy atom. The number of rotatable bonds is 4. The minimum absolute atomic E-state index is 0.0591. The number of carbonyl (C=O) groups excluding carboxylic acids is 3. The number of aromatic nitrogens is 1. The fourth-order valence-corrected chi connectivity index (χ4v) is 5.62. The van der Waals surface area contributed by atoms with Gasteiger partial charge in [0.25, 0.3) is 11.8 Å². The van der Waals surface area contributed by atoms with E-state index in [-0.39, 0.29) is 41.7 Å². The van der Waals surface area contributed by atoms with Gasteiger partial charge in [0.1, 0.15) is 11.7 Å². The van der Waals surface area contributed by atoms with E-state index < -0.39 is 35.0 Å². The van der Waals surface area contributed by atoms with Gasteiger partial charge in [0.05, 0.1) is 28.2 Å². The van der Waals surface area contributed by atoms with Crippen LogP contribution in [0.3, 0.4) is 0 Å². The number of hydrogen-bond acceptors (Lipinski definition) is 3. The molecule has 7 nitrogen and oxygen atoms in total. The van der Waals surface area contributed by atoms with Crippen LogP contribution in [0.15, 0.2) is 48.5 Å². The van der Waals surface area contributed by atoms with Crippen molar-refractivity contribution in [1.82, 2.24) is 20.1 Å². The molecule has 0 radical (unpaired) electrons. The van der Waals surface area contributed by atoms with Crippen molar-refractivity contribution in [2.75, 3.05) is 13.1 Å². The summed E-state index contributed by atoms with van der Waals surface area (Å²) in [4.78, 5) is 46.3. The Morgan fingerprint density at radius 2 is 1.67 bits per heavy atom. The van der Waals surface area contributed by atoms with Gasteiger partial charge in [0, 0.05) is 24.0 Å². The number of benzene rings is 2. The number of alkyl halides is 3. The molecule has 3 atom stereocenters. The molecular formula is C28H28ClF3N4O3. The highest BCUT2D eigenvalue weighted by Crippen LogP contribution is 2.37. The van der Waals surface area contributed by atoms with Crippen LogP contribution in [0.2, 0.25) is 5.02 Å². The number of nitrogens with one attached hydrogen (secondary N) is 2. The summed E-state index contributed by atoms with van der Waals surface area (Å²) < 4.78 is 39.6. The summed E-state index contributed by atoms with van der Waals surface area (Å²) in [5, 5.41) is 3.71. The van der Waals surface area contributed by atoms with E-state index >= 15 is 0 Å². The number of H-pyrrole nitrogens is 1. The van der Waals surface area contributed by atoms with E-state index in [4.69, 9.17) is 11.6 Å². The number of nitrogens with zero attached hydrogens (tertiary/aromatic N) is 2. The zero-order chi connectivity index (χ0) is 28.3. The zero-order valence-electron chi connectivity index (χ0n) is 21.6. The van der Waals surface area contributed by atoms with Crippen molar-refractivity contribution in [2.24, 2.45) is 5.41 Å². The van der Waals surface area contributed by atoms with E-state index in [1.807, 2.05) is 45.0 Å². The van der Waals surface area contributed by atoms with Crippen LogP contribution in [-0.4, -0.2) is 63.7 Å². The highest BCUT2D eigenvalue weighted by Gasteiger charge is 2.50. The smallest absolute Gasteiger partial charge is 0.351 e. The zero-order valence-corrected chi connectivity index (χ0v) is 22.4. The lowest BCUT2D eigenvalue weighted by Crippen LogP contribution is -2.59. The van der Waals surface area contributed by atoms with Gasteiger partial charge < -0.3 is 20.1 Å². The van der Waals surface area contributed by atoms with Gasteiger partial charge in [-0.15, -0.1) is 0 Å². The number of para-hydroxylation sites is 1. The minimum atomic E-state index is -4.61. The molecule has 3 unspecified atom stereocenters. The monoisotopic (exact) mass is 560 g/mol. The van der Waals surface area contributed by atoms with Crippen molar-refractivity contribution in [2.45, 2.75) is 51.5 Å². The van der Waals surface area contributed by atoms with Crippen LogP contribution in [0, 0.1) is 5.41 Å². The topological polar surface area (TPSA) is 85.5 Å². The third-order valence-electron chi connectivity index (χ3n) is 7.47. The molecule has 0 aliphatic carbocycles. The molecule has 0 spiro atoms. The molecule has 11 heteroatoms. The third-order valence-corrected chi connectivity index (χ3v) is 7.80. The first kappa shape index (κ1) is 27.1. The Bertz CT molecular complexity index is 1430. The first-order valence-electron chi connectivity index (χ1n) is 12.6. The van der Waals surface area contributed by atoms with E-state index in [1.165, 1.54) is 4.90 Å². The van der Waals surface area contributed by atoms with Crippen molar-refractivity contribution >= 4 is 40.2 Å². The van der Waals surface area contributed by atoms with E-state index in [1.54, 1.807) is 11.0 Å². The summed E-state index contributed by atoms with van der Waals surface area (Å²) >= 11 is 6.10. The number of halogens is 4. The van der Waals surface area contributed by atoms with Crippen LogP contribution in [0.5, 0.6) is 0 Å². The minimum Gasteiger partial charge on any atom is -0.351 e. The second-order valence-electron chi connectivity index (χ2n) is 11.2. The summed E-state index contributed by atoms with van der Waals surface area (Å²) in [7, 11) is 0. The Balaban J connectivity index is 1.31. The van der Waals surface area contributed by atoms with E-state index in [0.29, 0.717) is 12.1 Å². The molecule has 2 fully saturated rings. The van der Waals surface area contributed by atoms with Crippen molar-refractivity contribution in [1.29, 1.82) is 0 Å². The normalized spacial score (nSPS) is 20.0. The predicted molar refractivity (Wildman–Crippen MR) is 140 cm³/mol. The summed E-state index contributed by atoms with van der Waals surface area (Å²) in [5.74, 6) is -1.26. The number of hydrogen-bond donors (Lipinski definition) is 2. The molecule has 3 heterocycles. The van der Waals surface area contributed by atoms with Gasteiger partial charge in [-0.1, -0.05) is 50.6 Å². The van der Waals surface area contributed by atoms with Gasteiger partial charge in [-0.2, -0.15) is 13.2 Å². The van der Waals surface area contributed by atoms with Gasteiger partial charge in [-0.05, 0) is 42.2 Å². The quantitative estimate of drug-likeness (QED) is 0.465. The lowest BCUT2D eigenvalue weighted by molar-refractivity contribution is -0.138. The molecular weight excluding hydrogens is 533 g/mol. The molecule has 206 valence electrons. The van der Waals surface area contributed by atoms with Crippen molar-refractivity contribution in [3.8, 4) is 0 Å². The molecule has 0 saturated carbocycles. The Morgan fingerprint density at radius 1 is 1.00 bits per heavy atom. The maximum Gasteiger partial charge on any atom is 0.416 e. The van der Waals surface area contributed by atoms with Crippen LogP contribution < -0.4 is 5.32 Å². The maximum absolute atomic E-state index is 13.7. The second-order valence-corrected chi connectivity index (χ2v) is 11.6. The van der Waals surface area contributed by atoms with Gasteiger partial charge in [-0.25, -0.2) is 0 Å². The summed E-state index contributed by atoms with van der Waals surface area (Å²) in [6, 6.07) is 10.4. The second kappa shape index (κ2) is 9.59. The molecule has 2 N–H and O–H groups in total. The van der Waals surface area contributed by atoms with Crippen molar-refractivity contribution < 1.29 is 27.6 Å². The van der Waals surface area contributed by atoms with E-state index in [9.17, 15) is 27.6 Å². The lowest BCUT2D eigenvalue weighted by atomic mass is 9.85. The summed E-state index contributed by atoms with van der Waals surface area (Å²) in [5.41, 5.74) is -0.619. The first-order chi connectivity index (χ1) is 18.2. The maximum atomic E-state index is 13.7. The number of fused-ring (bicyclic) bond motifs is 3. The average molecular weight is 561 g/mol. The fourth-order valence-electron chi connectivity index (χ4n) is 5.42. The molecule has 2 bridgehead atoms. The standard InChI is InChI=1S/C28H28ClF3N4O3/c1-27(2,3)23(34-24(37)22-10-15-6-4-5-7-21(15)33-22)26(39)36-14-17-12-18(36)13-35(17)25(38)19-11-16(28(30,31)32)8-9-20(19)29/h4-11,17-18,23,33H,12-14H2,1-3H3,(H,34,37). The molecule has 39 heavy (non-hydrogen) atoms. The van der Waals surface area contributed by atoms with Crippen molar-refractivity contribution in [3.05, 3.63) is 70.4 Å². The number of amides is 3. The summed E-state index contributed by atoms with van der Waals surface area (Å²) in [6.07, 6.45) is -4.10. The Kier molecular flexibility index (Phi) is 6.65. The molecule has 5 rings (SSSR count). The van der Waals surface area contributed by atoms with Crippen LogP contribution in [0.1, 0.15) is 53.6 Å². The van der Waals surface area contributed by atoms with E-state index in [0.717, 1.165) is 29.1 Å². The fraction of sp³-hybridized carbons (Fsp3) is 0.393. The number of carbonyl (C=O) groups is 3. The number of likely N-dealkylation sites (tertiary alicyclic amines) is 2. The van der Waals surface area contributed by atoms with Gasteiger partial charge in [0.15, 0.2) is 0 Å². The molecule has 2 aromatic carbocycles.